The molecule has 1 rings (SSSR count). The summed E-state index contributed by atoms with van der Waals surface area (Å²) in [6.07, 6.45) is 0. The first-order chi connectivity index (χ1) is 6.63. The van der Waals surface area contributed by atoms with Crippen molar-refractivity contribution in [2.75, 3.05) is 7.05 Å². The summed E-state index contributed by atoms with van der Waals surface area (Å²) >= 11 is 9.41. The van der Waals surface area contributed by atoms with Crippen molar-refractivity contribution in [3.05, 3.63) is 20.8 Å². The van der Waals surface area contributed by atoms with E-state index in [4.69, 9.17) is 12.2 Å². The van der Waals surface area contributed by atoms with Gasteiger partial charge in [-0.15, -0.1) is 11.3 Å². The smallest absolute Gasteiger partial charge is 0.279 e. The second kappa shape index (κ2) is 5.28. The van der Waals surface area contributed by atoms with Crippen LogP contribution in [0, 0.1) is 0 Å². The van der Waals surface area contributed by atoms with Crippen molar-refractivity contribution in [1.29, 1.82) is 0 Å². The normalized spacial score (nSPS) is 9.29. The second-order valence-corrected chi connectivity index (χ2v) is 4.52. The van der Waals surface area contributed by atoms with Crippen molar-refractivity contribution in [1.82, 2.24) is 16.2 Å². The van der Waals surface area contributed by atoms with Gasteiger partial charge in [-0.2, -0.15) is 0 Å². The average molecular weight is 294 g/mol. The van der Waals surface area contributed by atoms with Crippen molar-refractivity contribution >= 4 is 50.5 Å². The van der Waals surface area contributed by atoms with Crippen molar-refractivity contribution in [2.45, 2.75) is 0 Å². The van der Waals surface area contributed by atoms with Gasteiger partial charge >= 0.3 is 0 Å². The molecule has 0 aliphatic heterocycles. The van der Waals surface area contributed by atoms with Crippen LogP contribution in [0.4, 0.5) is 0 Å². The number of rotatable bonds is 1. The van der Waals surface area contributed by atoms with Crippen LogP contribution < -0.4 is 16.2 Å². The molecule has 0 aliphatic carbocycles. The first kappa shape index (κ1) is 11.4. The third-order valence-corrected chi connectivity index (χ3v) is 3.30. The molecule has 0 radical (unpaired) electrons. The molecule has 0 aliphatic rings. The fraction of sp³-hybridized carbons (Fsp3) is 0.143. The number of halogens is 1. The van der Waals surface area contributed by atoms with Crippen LogP contribution in [-0.2, 0) is 0 Å². The molecule has 3 N–H and O–H groups in total. The Morgan fingerprint density at radius 2 is 2.29 bits per heavy atom. The monoisotopic (exact) mass is 293 g/mol. The number of nitrogens with one attached hydrogen (secondary N) is 3. The van der Waals surface area contributed by atoms with Crippen molar-refractivity contribution in [3.8, 4) is 0 Å². The molecule has 14 heavy (non-hydrogen) atoms. The van der Waals surface area contributed by atoms with E-state index in [0.29, 0.717) is 9.99 Å². The molecule has 0 atom stereocenters. The van der Waals surface area contributed by atoms with Gasteiger partial charge in [-0.25, -0.2) is 0 Å². The molecule has 0 spiro atoms. The SMILES string of the molecule is CNC(=S)NNC(=O)c1cc(Br)cs1. The fourth-order valence-electron chi connectivity index (χ4n) is 0.670. The molecular formula is C7H8BrN3OS2. The summed E-state index contributed by atoms with van der Waals surface area (Å²) in [5.74, 6) is -0.210. The Hall–Kier alpha value is -0.660. The van der Waals surface area contributed by atoms with E-state index in [1.165, 1.54) is 11.3 Å². The third kappa shape index (κ3) is 3.24. The molecular weight excluding hydrogens is 286 g/mol. The summed E-state index contributed by atoms with van der Waals surface area (Å²) in [6, 6.07) is 1.74. The molecule has 0 saturated carbocycles. The lowest BCUT2D eigenvalue weighted by atomic mass is 10.4. The van der Waals surface area contributed by atoms with E-state index in [1.807, 2.05) is 5.38 Å². The third-order valence-electron chi connectivity index (χ3n) is 1.31. The molecule has 0 fully saturated rings. The van der Waals surface area contributed by atoms with Crippen LogP contribution in [0.2, 0.25) is 0 Å². The van der Waals surface area contributed by atoms with Gasteiger partial charge in [0.15, 0.2) is 5.11 Å². The van der Waals surface area contributed by atoms with Crippen molar-refractivity contribution in [2.24, 2.45) is 0 Å². The summed E-state index contributed by atoms with van der Waals surface area (Å²) in [6.45, 7) is 0. The van der Waals surface area contributed by atoms with Crippen molar-refractivity contribution < 1.29 is 4.79 Å². The highest BCUT2D eigenvalue weighted by Gasteiger charge is 2.07. The van der Waals surface area contributed by atoms with Crippen LogP contribution in [0.1, 0.15) is 9.67 Å². The quantitative estimate of drug-likeness (QED) is 0.539. The number of carbonyl (C=O) groups excluding carboxylic acids is 1. The van der Waals surface area contributed by atoms with Gasteiger partial charge in [0.2, 0.25) is 0 Å². The van der Waals surface area contributed by atoms with Gasteiger partial charge in [-0.3, -0.25) is 15.6 Å². The predicted octanol–water partition coefficient (Wildman–Crippen LogP) is 1.25. The molecule has 0 unspecified atom stereocenters. The van der Waals surface area contributed by atoms with Gasteiger partial charge in [0.1, 0.15) is 0 Å². The number of thiophene rings is 1. The van der Waals surface area contributed by atoms with Crippen LogP contribution in [-0.4, -0.2) is 18.1 Å². The Balaban J connectivity index is 2.47. The molecule has 7 heteroatoms. The van der Waals surface area contributed by atoms with Gasteiger partial charge < -0.3 is 5.32 Å². The Kier molecular flexibility index (Phi) is 4.30. The Morgan fingerprint density at radius 1 is 1.57 bits per heavy atom. The van der Waals surface area contributed by atoms with Crippen LogP contribution in [0.5, 0.6) is 0 Å². The first-order valence-corrected chi connectivity index (χ1v) is 5.73. The average Bonchev–Trinajstić information content (AvgIpc) is 2.60. The van der Waals surface area contributed by atoms with E-state index in [1.54, 1.807) is 13.1 Å². The number of hydrogen-bond acceptors (Lipinski definition) is 3. The summed E-state index contributed by atoms with van der Waals surface area (Å²) in [4.78, 5) is 12.0. The Morgan fingerprint density at radius 3 is 2.79 bits per heavy atom. The summed E-state index contributed by atoms with van der Waals surface area (Å²) in [5, 5.41) is 4.88. The van der Waals surface area contributed by atoms with E-state index in [2.05, 4.69) is 32.1 Å². The van der Waals surface area contributed by atoms with Crippen LogP contribution >= 0.6 is 39.5 Å². The zero-order chi connectivity index (χ0) is 10.6. The summed E-state index contributed by atoms with van der Waals surface area (Å²) < 4.78 is 0.892. The number of carbonyl (C=O) groups is 1. The largest absolute Gasteiger partial charge is 0.364 e. The predicted molar refractivity (Wildman–Crippen MR) is 64.3 cm³/mol. The van der Waals surface area contributed by atoms with Gasteiger partial charge in [-0.1, -0.05) is 0 Å². The first-order valence-electron chi connectivity index (χ1n) is 3.65. The standard InChI is InChI=1S/C7H8BrN3OS2/c1-9-7(13)11-10-6(12)5-2-4(8)3-14-5/h2-3H,1H3,(H,10,12)(H2,9,11,13). The summed E-state index contributed by atoms with van der Waals surface area (Å²) in [7, 11) is 1.67. The molecule has 1 aromatic rings. The number of hydrogen-bond donors (Lipinski definition) is 3. The zero-order valence-electron chi connectivity index (χ0n) is 7.26. The number of amides is 1. The van der Waals surface area contributed by atoms with E-state index >= 15 is 0 Å². The lowest BCUT2D eigenvalue weighted by Gasteiger charge is -2.06. The van der Waals surface area contributed by atoms with E-state index in [9.17, 15) is 4.79 Å². The van der Waals surface area contributed by atoms with Crippen LogP contribution in [0.15, 0.2) is 15.9 Å². The minimum absolute atomic E-state index is 0.210. The zero-order valence-corrected chi connectivity index (χ0v) is 10.5. The minimum atomic E-state index is -0.210. The molecule has 1 heterocycles. The second-order valence-electron chi connectivity index (χ2n) is 2.29. The highest BCUT2D eigenvalue weighted by atomic mass is 79.9. The van der Waals surface area contributed by atoms with Gasteiger partial charge in [-0.05, 0) is 34.2 Å². The Bertz CT molecular complexity index is 352. The highest BCUT2D eigenvalue weighted by Crippen LogP contribution is 2.19. The lowest BCUT2D eigenvalue weighted by molar-refractivity contribution is 0.0948. The maximum Gasteiger partial charge on any atom is 0.279 e. The van der Waals surface area contributed by atoms with Crippen LogP contribution in [0.3, 0.4) is 0 Å². The van der Waals surface area contributed by atoms with E-state index < -0.39 is 0 Å². The van der Waals surface area contributed by atoms with E-state index in [-0.39, 0.29) is 5.91 Å². The number of hydrazine groups is 1. The highest BCUT2D eigenvalue weighted by molar-refractivity contribution is 9.10. The minimum Gasteiger partial charge on any atom is -0.364 e. The maximum absolute atomic E-state index is 11.4. The fourth-order valence-corrected chi connectivity index (χ4v) is 2.04. The van der Waals surface area contributed by atoms with Gasteiger partial charge in [0.05, 0.1) is 4.88 Å². The van der Waals surface area contributed by atoms with E-state index in [0.717, 1.165) is 4.47 Å². The van der Waals surface area contributed by atoms with Crippen molar-refractivity contribution in [3.63, 3.8) is 0 Å². The topological polar surface area (TPSA) is 53.2 Å². The molecule has 0 bridgehead atoms. The summed E-state index contributed by atoms with van der Waals surface area (Å²) in [5.41, 5.74) is 5.01. The molecule has 1 aromatic heterocycles. The maximum atomic E-state index is 11.4. The van der Waals surface area contributed by atoms with Gasteiger partial charge in [0.25, 0.3) is 5.91 Å². The molecule has 0 saturated heterocycles. The Labute approximate surface area is 99.2 Å². The lowest BCUT2D eigenvalue weighted by Crippen LogP contribution is -2.45. The van der Waals surface area contributed by atoms with Crippen LogP contribution in [0.25, 0.3) is 0 Å². The molecule has 4 nitrogen and oxygen atoms in total. The molecule has 76 valence electrons. The van der Waals surface area contributed by atoms with Gasteiger partial charge in [0, 0.05) is 16.9 Å². The molecule has 0 aromatic carbocycles. The number of thiocarbonyl (C=S) groups is 1. The molecule has 1 amide bonds.